The molecule has 0 aromatic carbocycles. The van der Waals surface area contributed by atoms with Crippen LogP contribution in [-0.2, 0) is 19.1 Å². The highest BCUT2D eigenvalue weighted by Crippen LogP contribution is 2.10. The van der Waals surface area contributed by atoms with Crippen LogP contribution in [0.25, 0.3) is 0 Å². The number of hydrogen-bond acceptors (Lipinski definition) is 5. The van der Waals surface area contributed by atoms with E-state index in [1.165, 1.54) is 0 Å². The fourth-order valence-corrected chi connectivity index (χ4v) is 1.80. The molecule has 1 aliphatic rings. The molecule has 0 radical (unpaired) electrons. The minimum Gasteiger partial charge on any atom is -0.305 e. The summed E-state index contributed by atoms with van der Waals surface area (Å²) >= 11 is 0. The molecule has 12 heavy (non-hydrogen) atoms. The molecule has 0 bridgehead atoms. The Kier molecular flexibility index (Phi) is 2.81. The molecule has 2 atom stereocenters. The van der Waals surface area contributed by atoms with Crippen LogP contribution in [0.2, 0.25) is 0 Å². The molecule has 0 saturated carbocycles. The molecule has 0 spiro atoms. The summed E-state index contributed by atoms with van der Waals surface area (Å²) in [4.78, 5) is 10.3. The summed E-state index contributed by atoms with van der Waals surface area (Å²) in [5, 5.41) is 2.82. The van der Waals surface area contributed by atoms with Crippen molar-refractivity contribution in [3.05, 3.63) is 0 Å². The van der Waals surface area contributed by atoms with Crippen LogP contribution in [-0.4, -0.2) is 39.7 Å². The van der Waals surface area contributed by atoms with Gasteiger partial charge in [0, 0.05) is 6.54 Å². The molecule has 70 valence electrons. The molecule has 1 unspecified atom stereocenters. The van der Waals surface area contributed by atoms with Crippen molar-refractivity contribution in [2.45, 2.75) is 18.6 Å². The molecule has 1 saturated heterocycles. The highest BCUT2D eigenvalue weighted by atomic mass is 32.2. The Bertz CT molecular complexity index is 261. The van der Waals surface area contributed by atoms with Gasteiger partial charge in [-0.25, -0.2) is 0 Å². The average molecular weight is 193 g/mol. The Hall–Kier alpha value is -0.460. The lowest BCUT2D eigenvalue weighted by molar-refractivity contribution is -0.109. The van der Waals surface area contributed by atoms with Crippen molar-refractivity contribution >= 4 is 16.4 Å². The maximum atomic E-state index is 10.6. The highest BCUT2D eigenvalue weighted by molar-refractivity contribution is 7.86. The summed E-state index contributed by atoms with van der Waals surface area (Å²) in [6, 6.07) is -0.267. The molecule has 1 heterocycles. The summed E-state index contributed by atoms with van der Waals surface area (Å²) in [6.45, 7) is 0.413. The maximum absolute atomic E-state index is 10.6. The first kappa shape index (κ1) is 9.63. The first-order chi connectivity index (χ1) is 5.51. The van der Waals surface area contributed by atoms with Gasteiger partial charge < -0.3 is 10.1 Å². The molecule has 5 nitrogen and oxygen atoms in total. The molecule has 0 aromatic rings. The molecule has 1 aliphatic heterocycles. The molecule has 6 heteroatoms. The number of carbonyl (C=O) groups is 1. The van der Waals surface area contributed by atoms with Gasteiger partial charge in [-0.05, 0) is 6.42 Å². The molecule has 0 aliphatic carbocycles. The summed E-state index contributed by atoms with van der Waals surface area (Å²) in [7, 11) is -3.40. The second-order valence-corrected chi connectivity index (χ2v) is 4.41. The molecule has 0 amide bonds. The summed E-state index contributed by atoms with van der Waals surface area (Å²) < 4.78 is 26.0. The Morgan fingerprint density at radius 1 is 1.58 bits per heavy atom. The summed E-state index contributed by atoms with van der Waals surface area (Å²) in [6.07, 6.45) is 1.79. The van der Waals surface area contributed by atoms with Crippen LogP contribution in [0.1, 0.15) is 6.42 Å². The molecular formula is C6H11NO4S. The van der Waals surface area contributed by atoms with E-state index >= 15 is 0 Å². The number of nitrogens with one attached hydrogen (secondary N) is 1. The van der Waals surface area contributed by atoms with Crippen LogP contribution in [0.4, 0.5) is 0 Å². The fourth-order valence-electron chi connectivity index (χ4n) is 1.16. The van der Waals surface area contributed by atoms with Crippen molar-refractivity contribution in [2.24, 2.45) is 0 Å². The second-order valence-electron chi connectivity index (χ2n) is 2.81. The normalized spacial score (nSPS) is 30.4. The smallest absolute Gasteiger partial charge is 0.264 e. The lowest BCUT2D eigenvalue weighted by atomic mass is 10.2. The minimum atomic E-state index is -3.40. The van der Waals surface area contributed by atoms with Gasteiger partial charge in [0.05, 0.1) is 18.4 Å². The van der Waals surface area contributed by atoms with Crippen molar-refractivity contribution < 1.29 is 17.4 Å². The number of carbonyl (C=O) groups excluding carboxylic acids is 1. The van der Waals surface area contributed by atoms with Crippen LogP contribution in [0.3, 0.4) is 0 Å². The predicted molar refractivity (Wildman–Crippen MR) is 42.2 cm³/mol. The average Bonchev–Trinajstić information content (AvgIpc) is 2.32. The van der Waals surface area contributed by atoms with E-state index in [2.05, 4.69) is 9.50 Å². The Morgan fingerprint density at radius 3 is 2.67 bits per heavy atom. The largest absolute Gasteiger partial charge is 0.305 e. The third-order valence-electron chi connectivity index (χ3n) is 1.60. The summed E-state index contributed by atoms with van der Waals surface area (Å²) in [5.41, 5.74) is 0. The van der Waals surface area contributed by atoms with Gasteiger partial charge in [0.2, 0.25) is 0 Å². The zero-order valence-electron chi connectivity index (χ0n) is 6.69. The van der Waals surface area contributed by atoms with E-state index in [4.69, 9.17) is 0 Å². The van der Waals surface area contributed by atoms with Gasteiger partial charge in [-0.1, -0.05) is 0 Å². The third kappa shape index (κ3) is 2.88. The molecule has 1 fully saturated rings. The van der Waals surface area contributed by atoms with Gasteiger partial charge in [-0.2, -0.15) is 8.42 Å². The first-order valence-corrected chi connectivity index (χ1v) is 5.40. The topological polar surface area (TPSA) is 72.5 Å². The molecular weight excluding hydrogens is 182 g/mol. The molecule has 1 rings (SSSR count). The van der Waals surface area contributed by atoms with Gasteiger partial charge in [-0.3, -0.25) is 4.18 Å². The number of aldehydes is 1. The standard InChI is InChI=1S/C6H11NO4S/c1-12(9,10)11-6-2-5(4-8)7-3-6/h4-7H,2-3H2,1H3/t5?,6-/m1/s1. The zero-order valence-corrected chi connectivity index (χ0v) is 7.50. The van der Waals surface area contributed by atoms with Crippen LogP contribution in [0, 0.1) is 0 Å². The highest BCUT2D eigenvalue weighted by Gasteiger charge is 2.26. The van der Waals surface area contributed by atoms with Gasteiger partial charge in [-0.15, -0.1) is 0 Å². The molecule has 1 N–H and O–H groups in total. The quantitative estimate of drug-likeness (QED) is 0.454. The second kappa shape index (κ2) is 3.51. The van der Waals surface area contributed by atoms with Crippen LogP contribution in [0.5, 0.6) is 0 Å². The lowest BCUT2D eigenvalue weighted by Gasteiger charge is -2.06. The van der Waals surface area contributed by atoms with E-state index in [1.54, 1.807) is 0 Å². The third-order valence-corrected chi connectivity index (χ3v) is 2.22. The van der Waals surface area contributed by atoms with Crippen molar-refractivity contribution in [3.8, 4) is 0 Å². The maximum Gasteiger partial charge on any atom is 0.264 e. The minimum absolute atomic E-state index is 0.267. The Balaban J connectivity index is 2.43. The monoisotopic (exact) mass is 193 g/mol. The lowest BCUT2D eigenvalue weighted by Crippen LogP contribution is -2.23. The van der Waals surface area contributed by atoms with Crippen molar-refractivity contribution in [3.63, 3.8) is 0 Å². The van der Waals surface area contributed by atoms with Gasteiger partial charge in [0.25, 0.3) is 10.1 Å². The predicted octanol–water partition coefficient (Wildman–Crippen LogP) is -1.11. The Labute approximate surface area is 71.2 Å². The van der Waals surface area contributed by atoms with Crippen molar-refractivity contribution in [2.75, 3.05) is 12.8 Å². The summed E-state index contributed by atoms with van der Waals surface area (Å²) in [5.74, 6) is 0. The van der Waals surface area contributed by atoms with Gasteiger partial charge in [0.15, 0.2) is 0 Å². The fraction of sp³-hybridized carbons (Fsp3) is 0.833. The van der Waals surface area contributed by atoms with E-state index in [1.807, 2.05) is 0 Å². The van der Waals surface area contributed by atoms with E-state index in [0.29, 0.717) is 13.0 Å². The van der Waals surface area contributed by atoms with E-state index in [0.717, 1.165) is 12.5 Å². The van der Waals surface area contributed by atoms with Gasteiger partial charge >= 0.3 is 0 Å². The van der Waals surface area contributed by atoms with Crippen LogP contribution in [0.15, 0.2) is 0 Å². The van der Waals surface area contributed by atoms with Crippen molar-refractivity contribution in [1.82, 2.24) is 5.32 Å². The van der Waals surface area contributed by atoms with Crippen molar-refractivity contribution in [1.29, 1.82) is 0 Å². The Morgan fingerprint density at radius 2 is 2.25 bits per heavy atom. The zero-order chi connectivity index (χ0) is 9.19. The van der Waals surface area contributed by atoms with Crippen LogP contribution >= 0.6 is 0 Å². The van der Waals surface area contributed by atoms with E-state index < -0.39 is 16.2 Å². The number of hydrogen-bond donors (Lipinski definition) is 1. The molecule has 0 aromatic heterocycles. The number of rotatable bonds is 3. The van der Waals surface area contributed by atoms with Gasteiger partial charge in [0.1, 0.15) is 6.29 Å². The SMILES string of the molecule is CS(=O)(=O)O[C@H]1CNC(C=O)C1. The van der Waals surface area contributed by atoms with E-state index in [9.17, 15) is 13.2 Å². The van der Waals surface area contributed by atoms with E-state index in [-0.39, 0.29) is 6.04 Å². The van der Waals surface area contributed by atoms with Crippen LogP contribution < -0.4 is 5.32 Å². The first-order valence-electron chi connectivity index (χ1n) is 3.58.